The van der Waals surface area contributed by atoms with Gasteiger partial charge in [-0.1, -0.05) is 23.8 Å². The van der Waals surface area contributed by atoms with Gasteiger partial charge in [0.1, 0.15) is 5.82 Å². The number of carbonyl (C=O) groups excluding carboxylic acids is 1. The molecule has 0 fully saturated rings. The first-order valence-corrected chi connectivity index (χ1v) is 5.05. The fourth-order valence-corrected chi connectivity index (χ4v) is 1.41. The third-order valence-corrected chi connectivity index (χ3v) is 2.19. The van der Waals surface area contributed by atoms with Crippen molar-refractivity contribution in [2.24, 2.45) is 0 Å². The van der Waals surface area contributed by atoms with E-state index in [4.69, 9.17) is 0 Å². The van der Waals surface area contributed by atoms with Crippen molar-refractivity contribution in [3.05, 3.63) is 59.8 Å². The van der Waals surface area contributed by atoms with Gasteiger partial charge in [0.05, 0.1) is 0 Å². The van der Waals surface area contributed by atoms with Crippen LogP contribution in [-0.2, 0) is 0 Å². The molecular weight excluding hydrogens is 200 g/mol. The van der Waals surface area contributed by atoms with Gasteiger partial charge in [0, 0.05) is 11.8 Å². The molecule has 0 aliphatic heterocycles. The zero-order valence-electron chi connectivity index (χ0n) is 8.97. The van der Waals surface area contributed by atoms with E-state index in [1.54, 1.807) is 18.3 Å². The molecule has 0 bridgehead atoms. The SMILES string of the molecule is Cc1cccc(C(=O)Nc2ccccn2)c1. The Bertz CT molecular complexity index is 494. The molecule has 3 nitrogen and oxygen atoms in total. The lowest BCUT2D eigenvalue weighted by molar-refractivity contribution is 0.102. The second kappa shape index (κ2) is 4.57. The van der Waals surface area contributed by atoms with E-state index in [2.05, 4.69) is 10.3 Å². The third-order valence-electron chi connectivity index (χ3n) is 2.19. The Hall–Kier alpha value is -2.16. The van der Waals surface area contributed by atoms with Crippen molar-refractivity contribution in [2.45, 2.75) is 6.92 Å². The highest BCUT2D eigenvalue weighted by atomic mass is 16.1. The van der Waals surface area contributed by atoms with Crippen LogP contribution in [0.15, 0.2) is 48.7 Å². The van der Waals surface area contributed by atoms with E-state index in [0.29, 0.717) is 11.4 Å². The second-order valence-corrected chi connectivity index (χ2v) is 3.54. The van der Waals surface area contributed by atoms with Crippen LogP contribution in [-0.4, -0.2) is 10.9 Å². The molecule has 0 radical (unpaired) electrons. The van der Waals surface area contributed by atoms with Crippen LogP contribution in [0, 0.1) is 6.92 Å². The summed E-state index contributed by atoms with van der Waals surface area (Å²) in [6.45, 7) is 1.96. The number of benzene rings is 1. The Morgan fingerprint density at radius 3 is 2.75 bits per heavy atom. The van der Waals surface area contributed by atoms with Gasteiger partial charge in [-0.25, -0.2) is 4.98 Å². The summed E-state index contributed by atoms with van der Waals surface area (Å²) in [5, 5.41) is 2.74. The maximum Gasteiger partial charge on any atom is 0.256 e. The summed E-state index contributed by atoms with van der Waals surface area (Å²) in [5.41, 5.74) is 1.71. The maximum atomic E-state index is 11.8. The highest BCUT2D eigenvalue weighted by molar-refractivity contribution is 6.03. The molecule has 1 heterocycles. The van der Waals surface area contributed by atoms with Crippen molar-refractivity contribution in [1.29, 1.82) is 0 Å². The van der Waals surface area contributed by atoms with E-state index in [1.807, 2.05) is 37.3 Å². The summed E-state index contributed by atoms with van der Waals surface area (Å²) >= 11 is 0. The number of aromatic nitrogens is 1. The van der Waals surface area contributed by atoms with E-state index in [0.717, 1.165) is 5.56 Å². The zero-order valence-corrected chi connectivity index (χ0v) is 8.97. The molecule has 1 N–H and O–H groups in total. The lowest BCUT2D eigenvalue weighted by Gasteiger charge is -2.04. The van der Waals surface area contributed by atoms with Crippen molar-refractivity contribution in [1.82, 2.24) is 4.98 Å². The first kappa shape index (κ1) is 10.4. The number of nitrogens with one attached hydrogen (secondary N) is 1. The molecule has 0 spiro atoms. The van der Waals surface area contributed by atoms with Crippen molar-refractivity contribution in [3.63, 3.8) is 0 Å². The summed E-state index contributed by atoms with van der Waals surface area (Å²) < 4.78 is 0. The van der Waals surface area contributed by atoms with Crippen molar-refractivity contribution in [3.8, 4) is 0 Å². The molecule has 16 heavy (non-hydrogen) atoms. The van der Waals surface area contributed by atoms with Gasteiger partial charge in [-0.2, -0.15) is 0 Å². The van der Waals surface area contributed by atoms with E-state index in [1.165, 1.54) is 0 Å². The van der Waals surface area contributed by atoms with Gasteiger partial charge in [-0.15, -0.1) is 0 Å². The van der Waals surface area contributed by atoms with Crippen molar-refractivity contribution < 1.29 is 4.79 Å². The molecule has 0 aliphatic rings. The summed E-state index contributed by atoms with van der Waals surface area (Å²) in [5.74, 6) is 0.427. The predicted molar refractivity (Wildman–Crippen MR) is 63.4 cm³/mol. The normalized spacial score (nSPS) is 9.81. The lowest BCUT2D eigenvalue weighted by atomic mass is 10.1. The Morgan fingerprint density at radius 1 is 1.19 bits per heavy atom. The van der Waals surface area contributed by atoms with Crippen LogP contribution >= 0.6 is 0 Å². The Kier molecular flexibility index (Phi) is 2.96. The average molecular weight is 212 g/mol. The smallest absolute Gasteiger partial charge is 0.256 e. The third kappa shape index (κ3) is 2.45. The highest BCUT2D eigenvalue weighted by Crippen LogP contribution is 2.07. The number of anilines is 1. The van der Waals surface area contributed by atoms with Crippen LogP contribution in [0.4, 0.5) is 5.82 Å². The molecule has 0 atom stereocenters. The van der Waals surface area contributed by atoms with Crippen LogP contribution in [0.2, 0.25) is 0 Å². The average Bonchev–Trinajstić information content (AvgIpc) is 2.30. The van der Waals surface area contributed by atoms with E-state index < -0.39 is 0 Å². The Morgan fingerprint density at radius 2 is 2.06 bits per heavy atom. The summed E-state index contributed by atoms with van der Waals surface area (Å²) in [6, 6.07) is 12.8. The summed E-state index contributed by atoms with van der Waals surface area (Å²) in [6.07, 6.45) is 1.64. The monoisotopic (exact) mass is 212 g/mol. The molecule has 0 unspecified atom stereocenters. The van der Waals surface area contributed by atoms with Crippen LogP contribution in [0.5, 0.6) is 0 Å². The first-order valence-electron chi connectivity index (χ1n) is 5.05. The number of hydrogen-bond acceptors (Lipinski definition) is 2. The number of pyridine rings is 1. The minimum Gasteiger partial charge on any atom is -0.307 e. The topological polar surface area (TPSA) is 42.0 Å². The molecule has 0 saturated carbocycles. The van der Waals surface area contributed by atoms with Gasteiger partial charge in [-0.05, 0) is 31.2 Å². The minimum atomic E-state index is -0.137. The van der Waals surface area contributed by atoms with Crippen molar-refractivity contribution >= 4 is 11.7 Å². The molecule has 0 aliphatic carbocycles. The standard InChI is InChI=1S/C13H12N2O/c1-10-5-4-6-11(9-10)13(16)15-12-7-2-3-8-14-12/h2-9H,1H3,(H,14,15,16). The van der Waals surface area contributed by atoms with Crippen molar-refractivity contribution in [2.75, 3.05) is 5.32 Å². The molecular formula is C13H12N2O. The molecule has 1 aromatic carbocycles. The largest absolute Gasteiger partial charge is 0.307 e. The quantitative estimate of drug-likeness (QED) is 0.831. The van der Waals surface area contributed by atoms with Gasteiger partial charge in [-0.3, -0.25) is 4.79 Å². The summed E-state index contributed by atoms with van der Waals surface area (Å²) in [7, 11) is 0. The molecule has 80 valence electrons. The maximum absolute atomic E-state index is 11.8. The van der Waals surface area contributed by atoms with Crippen LogP contribution in [0.25, 0.3) is 0 Å². The van der Waals surface area contributed by atoms with Gasteiger partial charge < -0.3 is 5.32 Å². The van der Waals surface area contributed by atoms with Crippen LogP contribution in [0.1, 0.15) is 15.9 Å². The molecule has 2 rings (SSSR count). The van der Waals surface area contributed by atoms with Gasteiger partial charge in [0.25, 0.3) is 5.91 Å². The van der Waals surface area contributed by atoms with Gasteiger partial charge in [0.15, 0.2) is 0 Å². The molecule has 1 amide bonds. The van der Waals surface area contributed by atoms with Crippen LogP contribution in [0.3, 0.4) is 0 Å². The number of nitrogens with zero attached hydrogens (tertiary/aromatic N) is 1. The molecule has 0 saturated heterocycles. The molecule has 1 aromatic heterocycles. The van der Waals surface area contributed by atoms with E-state index in [9.17, 15) is 4.79 Å². The predicted octanol–water partition coefficient (Wildman–Crippen LogP) is 2.64. The number of aryl methyl sites for hydroxylation is 1. The molecule has 3 heteroatoms. The minimum absolute atomic E-state index is 0.137. The van der Waals surface area contributed by atoms with Crippen LogP contribution < -0.4 is 5.32 Å². The van der Waals surface area contributed by atoms with Gasteiger partial charge in [0.2, 0.25) is 0 Å². The molecule has 2 aromatic rings. The second-order valence-electron chi connectivity index (χ2n) is 3.54. The number of hydrogen-bond donors (Lipinski definition) is 1. The first-order chi connectivity index (χ1) is 7.75. The van der Waals surface area contributed by atoms with E-state index in [-0.39, 0.29) is 5.91 Å². The van der Waals surface area contributed by atoms with Gasteiger partial charge >= 0.3 is 0 Å². The number of rotatable bonds is 2. The Labute approximate surface area is 94.1 Å². The lowest BCUT2D eigenvalue weighted by Crippen LogP contribution is -2.12. The fourth-order valence-electron chi connectivity index (χ4n) is 1.41. The summed E-state index contributed by atoms with van der Waals surface area (Å²) in [4.78, 5) is 15.8. The fraction of sp³-hybridized carbons (Fsp3) is 0.0769. The number of amides is 1. The highest BCUT2D eigenvalue weighted by Gasteiger charge is 2.05. The Balaban J connectivity index is 2.15. The zero-order chi connectivity index (χ0) is 11.4. The number of carbonyl (C=O) groups is 1. The van der Waals surface area contributed by atoms with E-state index >= 15 is 0 Å².